The van der Waals surface area contributed by atoms with Gasteiger partial charge in [0, 0.05) is 19.2 Å². The third kappa shape index (κ3) is 3.77. The van der Waals surface area contributed by atoms with Crippen molar-refractivity contribution in [3.63, 3.8) is 0 Å². The van der Waals surface area contributed by atoms with Crippen molar-refractivity contribution in [1.82, 2.24) is 9.78 Å². The maximum absolute atomic E-state index is 12.2. The van der Waals surface area contributed by atoms with Crippen LogP contribution in [0, 0.1) is 5.92 Å². The zero-order valence-electron chi connectivity index (χ0n) is 8.46. The van der Waals surface area contributed by atoms with Gasteiger partial charge in [-0.1, -0.05) is 13.3 Å². The average Bonchev–Trinajstić information content (AvgIpc) is 2.44. The first kappa shape index (κ1) is 12.4. The highest BCUT2D eigenvalue weighted by atomic mass is 79.9. The Morgan fingerprint density at radius 3 is 2.67 bits per heavy atom. The van der Waals surface area contributed by atoms with Gasteiger partial charge >= 0.3 is 0 Å². The summed E-state index contributed by atoms with van der Waals surface area (Å²) < 4.78 is 26.7. The summed E-state index contributed by atoms with van der Waals surface area (Å²) in [6.07, 6.45) is 0.0744. The molecule has 1 atom stereocenters. The maximum atomic E-state index is 12.2. The second-order valence-electron chi connectivity index (χ2n) is 3.49. The number of nitrogens with zero attached hydrogens (tertiary/aromatic N) is 2. The fourth-order valence-corrected chi connectivity index (χ4v) is 1.71. The minimum atomic E-state index is -2.26. The van der Waals surface area contributed by atoms with Crippen LogP contribution in [0.5, 0.6) is 0 Å². The van der Waals surface area contributed by atoms with Crippen LogP contribution in [0.1, 0.15) is 19.8 Å². The molecule has 1 rings (SSSR count). The van der Waals surface area contributed by atoms with E-state index in [0.29, 0.717) is 23.3 Å². The van der Waals surface area contributed by atoms with E-state index >= 15 is 0 Å². The van der Waals surface area contributed by atoms with Crippen molar-refractivity contribution < 1.29 is 8.78 Å². The summed E-state index contributed by atoms with van der Waals surface area (Å²) in [5.41, 5.74) is 5.53. The number of nitrogens with two attached hydrogens (primary N) is 1. The average molecular weight is 282 g/mol. The van der Waals surface area contributed by atoms with Crippen molar-refractivity contribution in [2.24, 2.45) is 5.92 Å². The summed E-state index contributed by atoms with van der Waals surface area (Å²) in [5, 5.41) is 4.01. The first-order chi connectivity index (χ1) is 7.02. The monoisotopic (exact) mass is 281 g/mol. The van der Waals surface area contributed by atoms with Crippen molar-refractivity contribution in [2.45, 2.75) is 32.7 Å². The molecule has 0 aliphatic carbocycles. The third-order valence-electron chi connectivity index (χ3n) is 2.28. The molecular weight excluding hydrogens is 268 g/mol. The maximum Gasteiger partial charge on any atom is 0.239 e. The summed E-state index contributed by atoms with van der Waals surface area (Å²) in [4.78, 5) is 0. The topological polar surface area (TPSA) is 43.8 Å². The highest BCUT2D eigenvalue weighted by molar-refractivity contribution is 9.10. The summed E-state index contributed by atoms with van der Waals surface area (Å²) in [6.45, 7) is 2.38. The van der Waals surface area contributed by atoms with E-state index in [1.54, 1.807) is 10.9 Å². The molecule has 0 radical (unpaired) electrons. The van der Waals surface area contributed by atoms with Gasteiger partial charge in [0.15, 0.2) is 5.82 Å². The molecule has 0 fully saturated rings. The Morgan fingerprint density at radius 1 is 1.60 bits per heavy atom. The van der Waals surface area contributed by atoms with Gasteiger partial charge in [-0.2, -0.15) is 5.10 Å². The van der Waals surface area contributed by atoms with Crippen molar-refractivity contribution in [3.8, 4) is 0 Å². The number of rotatable bonds is 5. The molecule has 1 aromatic rings. The predicted molar refractivity (Wildman–Crippen MR) is 58.7 cm³/mol. The molecule has 1 aromatic heterocycles. The smallest absolute Gasteiger partial charge is 0.239 e. The van der Waals surface area contributed by atoms with Crippen molar-refractivity contribution in [2.75, 3.05) is 5.73 Å². The lowest BCUT2D eigenvalue weighted by Crippen LogP contribution is -2.14. The fraction of sp³-hybridized carbons (Fsp3) is 0.667. The lowest BCUT2D eigenvalue weighted by Gasteiger charge is -2.13. The van der Waals surface area contributed by atoms with E-state index in [1.165, 1.54) is 0 Å². The van der Waals surface area contributed by atoms with E-state index in [4.69, 9.17) is 5.73 Å². The predicted octanol–water partition coefficient (Wildman–Crippen LogP) is 2.91. The van der Waals surface area contributed by atoms with E-state index in [-0.39, 0.29) is 12.3 Å². The Bertz CT molecular complexity index is 295. The molecule has 0 aromatic carbocycles. The molecule has 0 aliphatic rings. The molecule has 3 nitrogen and oxygen atoms in total. The molecule has 0 saturated carbocycles. The molecular formula is C9H14BrF2N3. The molecule has 0 saturated heterocycles. The van der Waals surface area contributed by atoms with Crippen LogP contribution in [-0.4, -0.2) is 16.2 Å². The number of halogens is 3. The zero-order chi connectivity index (χ0) is 11.4. The van der Waals surface area contributed by atoms with Crippen LogP contribution in [0.25, 0.3) is 0 Å². The Kier molecular flexibility index (Phi) is 4.50. The Balaban J connectivity index is 2.58. The fourth-order valence-electron chi connectivity index (χ4n) is 1.39. The van der Waals surface area contributed by atoms with Crippen molar-refractivity contribution >= 4 is 21.7 Å². The molecule has 6 heteroatoms. The molecule has 1 heterocycles. The number of aromatic nitrogens is 2. The second-order valence-corrected chi connectivity index (χ2v) is 4.34. The van der Waals surface area contributed by atoms with Gasteiger partial charge in [-0.05, 0) is 21.8 Å². The van der Waals surface area contributed by atoms with Gasteiger partial charge in [0.05, 0.1) is 4.47 Å². The van der Waals surface area contributed by atoms with Crippen LogP contribution in [0.3, 0.4) is 0 Å². The first-order valence-corrected chi connectivity index (χ1v) is 5.58. The number of nitrogen functional groups attached to an aromatic ring is 1. The second kappa shape index (κ2) is 5.44. The van der Waals surface area contributed by atoms with Gasteiger partial charge in [0.25, 0.3) is 0 Å². The standard InChI is InChI=1S/C9H14BrF2N3/c1-2-6(3-8(11)12)4-15-5-7(10)9(13)14-15/h5-6,8H,2-4H2,1H3,(H2,13,14). The SMILES string of the molecule is CCC(CC(F)F)Cn1cc(Br)c(N)n1. The van der Waals surface area contributed by atoms with Crippen LogP contribution >= 0.6 is 15.9 Å². The third-order valence-corrected chi connectivity index (χ3v) is 2.89. The minimum absolute atomic E-state index is 0.0591. The highest BCUT2D eigenvalue weighted by Gasteiger charge is 2.15. The summed E-state index contributed by atoms with van der Waals surface area (Å²) >= 11 is 3.22. The lowest BCUT2D eigenvalue weighted by atomic mass is 10.0. The summed E-state index contributed by atoms with van der Waals surface area (Å²) in [5.74, 6) is 0.332. The lowest BCUT2D eigenvalue weighted by molar-refractivity contribution is 0.108. The van der Waals surface area contributed by atoms with E-state index in [1.807, 2.05) is 6.92 Å². The van der Waals surface area contributed by atoms with Crippen LogP contribution in [0.4, 0.5) is 14.6 Å². The Morgan fingerprint density at radius 2 is 2.27 bits per heavy atom. The van der Waals surface area contributed by atoms with Crippen LogP contribution in [-0.2, 0) is 6.54 Å². The molecule has 0 spiro atoms. The highest BCUT2D eigenvalue weighted by Crippen LogP contribution is 2.20. The first-order valence-electron chi connectivity index (χ1n) is 4.79. The minimum Gasteiger partial charge on any atom is -0.381 e. The van der Waals surface area contributed by atoms with Gasteiger partial charge in [-0.15, -0.1) is 0 Å². The summed E-state index contributed by atoms with van der Waals surface area (Å²) in [6, 6.07) is 0. The Labute approximate surface area is 95.8 Å². The quantitative estimate of drug-likeness (QED) is 0.902. The van der Waals surface area contributed by atoms with Crippen molar-refractivity contribution in [1.29, 1.82) is 0 Å². The largest absolute Gasteiger partial charge is 0.381 e. The van der Waals surface area contributed by atoms with E-state index < -0.39 is 6.43 Å². The zero-order valence-corrected chi connectivity index (χ0v) is 10.0. The number of hydrogen-bond acceptors (Lipinski definition) is 2. The molecule has 0 bridgehead atoms. The normalized spacial score (nSPS) is 13.4. The van der Waals surface area contributed by atoms with Gasteiger partial charge in [0.2, 0.25) is 6.43 Å². The van der Waals surface area contributed by atoms with E-state index in [9.17, 15) is 8.78 Å². The molecule has 15 heavy (non-hydrogen) atoms. The van der Waals surface area contributed by atoms with E-state index in [0.717, 1.165) is 0 Å². The molecule has 0 amide bonds. The number of hydrogen-bond donors (Lipinski definition) is 1. The van der Waals surface area contributed by atoms with Gasteiger partial charge in [-0.25, -0.2) is 8.78 Å². The molecule has 2 N–H and O–H groups in total. The number of alkyl halides is 2. The van der Waals surface area contributed by atoms with Gasteiger partial charge in [0.1, 0.15) is 0 Å². The molecule has 1 unspecified atom stereocenters. The number of anilines is 1. The summed E-state index contributed by atoms with van der Waals surface area (Å²) in [7, 11) is 0. The van der Waals surface area contributed by atoms with Gasteiger partial charge < -0.3 is 5.73 Å². The van der Waals surface area contributed by atoms with Crippen molar-refractivity contribution in [3.05, 3.63) is 10.7 Å². The Hall–Kier alpha value is -0.650. The van der Waals surface area contributed by atoms with Crippen LogP contribution < -0.4 is 5.73 Å². The van der Waals surface area contributed by atoms with Gasteiger partial charge in [-0.3, -0.25) is 4.68 Å². The van der Waals surface area contributed by atoms with Crippen LogP contribution in [0.15, 0.2) is 10.7 Å². The van der Waals surface area contributed by atoms with Crippen LogP contribution in [0.2, 0.25) is 0 Å². The molecule has 0 aliphatic heterocycles. The molecule has 86 valence electrons. The van der Waals surface area contributed by atoms with E-state index in [2.05, 4.69) is 21.0 Å².